The van der Waals surface area contributed by atoms with Crippen molar-refractivity contribution in [3.8, 4) is 23.0 Å². The van der Waals surface area contributed by atoms with E-state index in [1.807, 2.05) is 79.7 Å². The van der Waals surface area contributed by atoms with Gasteiger partial charge in [0, 0.05) is 10.0 Å². The van der Waals surface area contributed by atoms with Crippen LogP contribution in [0, 0.1) is 0 Å². The van der Waals surface area contributed by atoms with Crippen molar-refractivity contribution in [3.63, 3.8) is 0 Å². The van der Waals surface area contributed by atoms with Crippen molar-refractivity contribution >= 4 is 28.8 Å². The fraction of sp³-hybridized carbons (Fsp3) is 0.0370. The smallest absolute Gasteiger partial charge is 0.127 e. The van der Waals surface area contributed by atoms with E-state index >= 15 is 0 Å². The van der Waals surface area contributed by atoms with Gasteiger partial charge in [-0.2, -0.15) is 0 Å². The van der Waals surface area contributed by atoms with Crippen molar-refractivity contribution < 1.29 is 9.47 Å². The van der Waals surface area contributed by atoms with Crippen LogP contribution in [0.3, 0.4) is 0 Å². The van der Waals surface area contributed by atoms with E-state index in [0.717, 1.165) is 39.7 Å². The highest BCUT2D eigenvalue weighted by Crippen LogP contribution is 2.30. The third-order valence-electron chi connectivity index (χ3n) is 4.72. The van der Waals surface area contributed by atoms with E-state index in [2.05, 4.69) is 30.3 Å². The Bertz CT molecular complexity index is 1070. The van der Waals surface area contributed by atoms with Crippen LogP contribution in [0.1, 0.15) is 18.1 Å². The molecule has 0 saturated heterocycles. The SMILES string of the molecule is CC=C(c1ccc(Oc2ccc(Cl)cc2)cc1)c1ccc(Oc2ccc(Cl)cc2)cc1. The minimum atomic E-state index is 0.685. The average molecular weight is 447 g/mol. The van der Waals surface area contributed by atoms with Gasteiger partial charge in [0.05, 0.1) is 0 Å². The first-order chi connectivity index (χ1) is 15.1. The molecule has 0 aliphatic heterocycles. The van der Waals surface area contributed by atoms with Gasteiger partial charge in [-0.25, -0.2) is 0 Å². The molecule has 0 radical (unpaired) electrons. The van der Waals surface area contributed by atoms with Crippen molar-refractivity contribution in [1.29, 1.82) is 0 Å². The van der Waals surface area contributed by atoms with Gasteiger partial charge in [0.15, 0.2) is 0 Å². The Morgan fingerprint density at radius 1 is 0.516 bits per heavy atom. The Morgan fingerprint density at radius 2 is 0.806 bits per heavy atom. The molecular formula is C27H20Cl2O2. The monoisotopic (exact) mass is 446 g/mol. The molecule has 0 N–H and O–H groups in total. The molecule has 4 rings (SSSR count). The summed E-state index contributed by atoms with van der Waals surface area (Å²) in [6.07, 6.45) is 2.10. The van der Waals surface area contributed by atoms with Crippen LogP contribution in [-0.4, -0.2) is 0 Å². The maximum Gasteiger partial charge on any atom is 0.127 e. The second kappa shape index (κ2) is 9.74. The fourth-order valence-electron chi connectivity index (χ4n) is 3.18. The molecule has 0 amide bonds. The van der Waals surface area contributed by atoms with Gasteiger partial charge in [-0.05, 0) is 96.4 Å². The summed E-state index contributed by atoms with van der Waals surface area (Å²) in [6.45, 7) is 2.03. The van der Waals surface area contributed by atoms with E-state index in [1.165, 1.54) is 0 Å². The third kappa shape index (κ3) is 5.49. The lowest BCUT2D eigenvalue weighted by Gasteiger charge is -2.11. The number of benzene rings is 4. The molecule has 4 aromatic carbocycles. The summed E-state index contributed by atoms with van der Waals surface area (Å²) in [5.74, 6) is 3.04. The molecule has 0 heterocycles. The standard InChI is InChI=1S/C27H20Cl2O2/c1-2-27(19-3-11-23(12-4-19)30-25-15-7-21(28)8-16-25)20-5-13-24(14-6-20)31-26-17-9-22(29)10-18-26/h2-18H,1H3. The minimum Gasteiger partial charge on any atom is -0.457 e. The molecule has 154 valence electrons. The lowest BCUT2D eigenvalue weighted by atomic mass is 9.97. The van der Waals surface area contributed by atoms with Crippen LogP contribution < -0.4 is 9.47 Å². The quantitative estimate of drug-likeness (QED) is 0.294. The van der Waals surface area contributed by atoms with Crippen molar-refractivity contribution in [2.24, 2.45) is 0 Å². The topological polar surface area (TPSA) is 18.5 Å². The highest BCUT2D eigenvalue weighted by Gasteiger charge is 2.06. The first-order valence-electron chi connectivity index (χ1n) is 9.85. The molecule has 0 unspecified atom stereocenters. The lowest BCUT2D eigenvalue weighted by Crippen LogP contribution is -1.90. The van der Waals surface area contributed by atoms with E-state index in [0.29, 0.717) is 10.0 Å². The number of hydrogen-bond donors (Lipinski definition) is 0. The number of halogens is 2. The molecule has 0 atom stereocenters. The van der Waals surface area contributed by atoms with Gasteiger partial charge >= 0.3 is 0 Å². The van der Waals surface area contributed by atoms with Gasteiger partial charge in [0.25, 0.3) is 0 Å². The van der Waals surface area contributed by atoms with Crippen molar-refractivity contribution in [3.05, 3.63) is 124 Å². The maximum absolute atomic E-state index is 5.93. The summed E-state index contributed by atoms with van der Waals surface area (Å²) >= 11 is 11.9. The van der Waals surface area contributed by atoms with Gasteiger partial charge < -0.3 is 9.47 Å². The molecule has 4 aromatic rings. The fourth-order valence-corrected chi connectivity index (χ4v) is 3.43. The summed E-state index contributed by atoms with van der Waals surface area (Å²) < 4.78 is 11.8. The summed E-state index contributed by atoms with van der Waals surface area (Å²) in [5, 5.41) is 1.37. The van der Waals surface area contributed by atoms with Crippen LogP contribution in [0.15, 0.2) is 103 Å². The maximum atomic E-state index is 5.93. The third-order valence-corrected chi connectivity index (χ3v) is 5.22. The number of hydrogen-bond acceptors (Lipinski definition) is 2. The highest BCUT2D eigenvalue weighted by atomic mass is 35.5. The first-order valence-corrected chi connectivity index (χ1v) is 10.6. The largest absolute Gasteiger partial charge is 0.457 e. The van der Waals surface area contributed by atoms with E-state index in [4.69, 9.17) is 32.7 Å². The molecule has 0 saturated carbocycles. The average Bonchev–Trinajstić information content (AvgIpc) is 2.80. The zero-order valence-corrected chi connectivity index (χ0v) is 18.4. The second-order valence-corrected chi connectivity index (χ2v) is 7.74. The lowest BCUT2D eigenvalue weighted by molar-refractivity contribution is 0.482. The van der Waals surface area contributed by atoms with Crippen molar-refractivity contribution in [1.82, 2.24) is 0 Å². The van der Waals surface area contributed by atoms with Crippen LogP contribution in [0.25, 0.3) is 5.57 Å². The Morgan fingerprint density at radius 3 is 1.10 bits per heavy atom. The van der Waals surface area contributed by atoms with Crippen LogP contribution in [-0.2, 0) is 0 Å². The Kier molecular flexibility index (Phi) is 6.61. The van der Waals surface area contributed by atoms with Gasteiger partial charge in [0.1, 0.15) is 23.0 Å². The predicted molar refractivity (Wildman–Crippen MR) is 129 cm³/mol. The van der Waals surface area contributed by atoms with E-state index in [9.17, 15) is 0 Å². The van der Waals surface area contributed by atoms with Crippen molar-refractivity contribution in [2.45, 2.75) is 6.92 Å². The minimum absolute atomic E-state index is 0.685. The van der Waals surface area contributed by atoms with Crippen LogP contribution in [0.5, 0.6) is 23.0 Å². The van der Waals surface area contributed by atoms with Gasteiger partial charge in [-0.1, -0.05) is 53.5 Å². The van der Waals surface area contributed by atoms with Crippen LogP contribution >= 0.6 is 23.2 Å². The van der Waals surface area contributed by atoms with Gasteiger partial charge in [-0.3, -0.25) is 0 Å². The van der Waals surface area contributed by atoms with Crippen LogP contribution in [0.2, 0.25) is 10.0 Å². The molecule has 2 nitrogen and oxygen atoms in total. The molecule has 0 aliphatic carbocycles. The van der Waals surface area contributed by atoms with Gasteiger partial charge in [-0.15, -0.1) is 0 Å². The normalized spacial score (nSPS) is 10.4. The van der Waals surface area contributed by atoms with E-state index in [-0.39, 0.29) is 0 Å². The van der Waals surface area contributed by atoms with E-state index < -0.39 is 0 Å². The number of ether oxygens (including phenoxy) is 2. The van der Waals surface area contributed by atoms with E-state index in [1.54, 1.807) is 0 Å². The Balaban J connectivity index is 1.46. The molecule has 0 bridgehead atoms. The summed E-state index contributed by atoms with van der Waals surface area (Å²) in [5.41, 5.74) is 3.35. The number of allylic oxidation sites excluding steroid dienone is 1. The zero-order valence-electron chi connectivity index (χ0n) is 16.9. The van der Waals surface area contributed by atoms with Crippen molar-refractivity contribution in [2.75, 3.05) is 0 Å². The summed E-state index contributed by atoms with van der Waals surface area (Å²) in [7, 11) is 0. The molecule has 0 aromatic heterocycles. The first kappa shape index (κ1) is 21.0. The zero-order chi connectivity index (χ0) is 21.6. The predicted octanol–water partition coefficient (Wildman–Crippen LogP) is 9.03. The number of rotatable bonds is 6. The molecular weight excluding hydrogens is 427 g/mol. The molecule has 0 aliphatic rings. The Hall–Kier alpha value is -3.20. The molecule has 31 heavy (non-hydrogen) atoms. The van der Waals surface area contributed by atoms with Gasteiger partial charge in [0.2, 0.25) is 0 Å². The van der Waals surface area contributed by atoms with Crippen LogP contribution in [0.4, 0.5) is 0 Å². The summed E-state index contributed by atoms with van der Waals surface area (Å²) in [4.78, 5) is 0. The highest BCUT2D eigenvalue weighted by molar-refractivity contribution is 6.30. The molecule has 0 fully saturated rings. The molecule has 4 heteroatoms. The Labute approximate surface area is 192 Å². The molecule has 0 spiro atoms. The summed E-state index contributed by atoms with van der Waals surface area (Å²) in [6, 6.07) is 30.7. The second-order valence-electron chi connectivity index (χ2n) is 6.86.